The van der Waals surface area contributed by atoms with E-state index < -0.39 is 0 Å². The van der Waals surface area contributed by atoms with Crippen molar-refractivity contribution in [3.63, 3.8) is 0 Å². The predicted molar refractivity (Wildman–Crippen MR) is 134 cm³/mol. The summed E-state index contributed by atoms with van der Waals surface area (Å²) in [7, 11) is 0. The van der Waals surface area contributed by atoms with Crippen LogP contribution in [0.2, 0.25) is 0 Å². The fourth-order valence-electron chi connectivity index (χ4n) is 5.03. The van der Waals surface area contributed by atoms with E-state index in [1.165, 1.54) is 22.3 Å². The maximum Gasteiger partial charge on any atom is 0.409 e. The first-order chi connectivity index (χ1) is 17.2. The number of anilines is 1. The lowest BCUT2D eigenvalue weighted by Crippen LogP contribution is -2.50. The van der Waals surface area contributed by atoms with Gasteiger partial charge in [0.1, 0.15) is 5.00 Å². The quantitative estimate of drug-likeness (QED) is 0.533. The minimum Gasteiger partial charge on any atom is -0.459 e. The van der Waals surface area contributed by atoms with Crippen LogP contribution in [-0.4, -0.2) is 59.6 Å². The van der Waals surface area contributed by atoms with E-state index in [1.807, 2.05) is 31.5 Å². The SMILES string of the molecule is CCOC(=O)N1CCN([C@@H](c2ccncc2)c2c(NC(=O)c3ccco3)sc3c2CCCC3)CC1. The molecule has 4 heterocycles. The van der Waals surface area contributed by atoms with Gasteiger partial charge < -0.3 is 19.4 Å². The summed E-state index contributed by atoms with van der Waals surface area (Å²) in [6.07, 6.45) is 9.23. The smallest absolute Gasteiger partial charge is 0.409 e. The van der Waals surface area contributed by atoms with E-state index in [1.54, 1.807) is 28.4 Å². The van der Waals surface area contributed by atoms with Gasteiger partial charge in [0.2, 0.25) is 0 Å². The number of aromatic nitrogens is 1. The molecule has 184 valence electrons. The first kappa shape index (κ1) is 23.6. The van der Waals surface area contributed by atoms with E-state index in [4.69, 9.17) is 9.15 Å². The summed E-state index contributed by atoms with van der Waals surface area (Å²) >= 11 is 1.69. The molecule has 1 N–H and O–H groups in total. The molecule has 5 rings (SSSR count). The number of pyridine rings is 1. The molecule has 9 heteroatoms. The molecule has 0 saturated carbocycles. The molecule has 1 aliphatic heterocycles. The minimum absolute atomic E-state index is 0.0488. The van der Waals surface area contributed by atoms with Gasteiger partial charge in [0.25, 0.3) is 5.91 Å². The number of fused-ring (bicyclic) bond motifs is 1. The zero-order valence-electron chi connectivity index (χ0n) is 19.9. The number of piperazine rings is 1. The molecule has 0 spiro atoms. The molecule has 1 fully saturated rings. The van der Waals surface area contributed by atoms with Gasteiger partial charge in [-0.2, -0.15) is 0 Å². The third-order valence-corrected chi connectivity index (χ3v) is 7.91. The first-order valence-electron chi connectivity index (χ1n) is 12.2. The zero-order valence-corrected chi connectivity index (χ0v) is 20.7. The van der Waals surface area contributed by atoms with Crippen LogP contribution in [0.3, 0.4) is 0 Å². The van der Waals surface area contributed by atoms with E-state index in [-0.39, 0.29) is 18.0 Å². The van der Waals surface area contributed by atoms with Gasteiger partial charge in [0, 0.05) is 49.0 Å². The number of nitrogens with one attached hydrogen (secondary N) is 1. The summed E-state index contributed by atoms with van der Waals surface area (Å²) in [4.78, 5) is 35.0. The standard InChI is InChI=1S/C26H30N4O4S/c1-2-33-26(32)30-15-13-29(14-16-30)23(18-9-11-27-12-10-18)22-19-6-3-4-8-21(19)35-25(22)28-24(31)20-7-5-17-34-20/h5,7,9-12,17,23H,2-4,6,8,13-16H2,1H3,(H,28,31)/t23-/m0/s1. The third kappa shape index (κ3) is 4.97. The Labute approximate surface area is 208 Å². The van der Waals surface area contributed by atoms with Gasteiger partial charge in [-0.05, 0) is 68.0 Å². The number of thiophene rings is 1. The molecule has 2 amide bonds. The summed E-state index contributed by atoms with van der Waals surface area (Å²) in [5.41, 5.74) is 3.65. The maximum absolute atomic E-state index is 13.0. The number of rotatable bonds is 6. The molecule has 1 atom stereocenters. The van der Waals surface area contributed by atoms with Crippen molar-refractivity contribution in [2.24, 2.45) is 0 Å². The van der Waals surface area contributed by atoms with Crippen molar-refractivity contribution >= 4 is 28.3 Å². The maximum atomic E-state index is 13.0. The fourth-order valence-corrected chi connectivity index (χ4v) is 6.34. The second kappa shape index (κ2) is 10.6. The third-order valence-electron chi connectivity index (χ3n) is 6.68. The topological polar surface area (TPSA) is 87.9 Å². The summed E-state index contributed by atoms with van der Waals surface area (Å²) in [5.74, 6) is 0.0567. The molecular weight excluding hydrogens is 464 g/mol. The van der Waals surface area contributed by atoms with Crippen LogP contribution in [0.5, 0.6) is 0 Å². The molecule has 8 nitrogen and oxygen atoms in total. The van der Waals surface area contributed by atoms with Gasteiger partial charge in [-0.25, -0.2) is 4.79 Å². The lowest BCUT2D eigenvalue weighted by atomic mass is 9.88. The number of carbonyl (C=O) groups is 2. The highest BCUT2D eigenvalue weighted by atomic mass is 32.1. The minimum atomic E-state index is -0.257. The van der Waals surface area contributed by atoms with Gasteiger partial charge in [-0.15, -0.1) is 11.3 Å². The van der Waals surface area contributed by atoms with Crippen molar-refractivity contribution in [1.29, 1.82) is 0 Å². The molecule has 0 aromatic carbocycles. The second-order valence-electron chi connectivity index (χ2n) is 8.79. The predicted octanol–water partition coefficient (Wildman–Crippen LogP) is 4.73. The number of amides is 2. The first-order valence-corrected chi connectivity index (χ1v) is 13.0. The lowest BCUT2D eigenvalue weighted by Gasteiger charge is -2.39. The molecule has 0 radical (unpaired) electrons. The number of aryl methyl sites for hydroxylation is 1. The monoisotopic (exact) mass is 494 g/mol. The van der Waals surface area contributed by atoms with E-state index in [2.05, 4.69) is 15.2 Å². The highest BCUT2D eigenvalue weighted by molar-refractivity contribution is 7.16. The Morgan fingerprint density at radius 3 is 2.63 bits per heavy atom. The summed E-state index contributed by atoms with van der Waals surface area (Å²) in [6.45, 7) is 4.82. The molecule has 0 bridgehead atoms. The highest BCUT2D eigenvalue weighted by Crippen LogP contribution is 2.45. The van der Waals surface area contributed by atoms with Crippen LogP contribution in [0.1, 0.15) is 57.9 Å². The van der Waals surface area contributed by atoms with Crippen LogP contribution in [0.25, 0.3) is 0 Å². The van der Waals surface area contributed by atoms with Crippen LogP contribution >= 0.6 is 11.3 Å². The van der Waals surface area contributed by atoms with Crippen LogP contribution in [0.15, 0.2) is 47.3 Å². The Kier molecular flexibility index (Phi) is 7.15. The summed E-state index contributed by atoms with van der Waals surface area (Å²) in [6, 6.07) is 7.45. The number of carbonyl (C=O) groups excluding carboxylic acids is 2. The van der Waals surface area contributed by atoms with Crippen molar-refractivity contribution in [2.45, 2.75) is 38.6 Å². The average molecular weight is 495 g/mol. The van der Waals surface area contributed by atoms with Gasteiger partial charge in [0.15, 0.2) is 5.76 Å². The van der Waals surface area contributed by atoms with Crippen molar-refractivity contribution in [3.05, 3.63) is 70.3 Å². The zero-order chi connectivity index (χ0) is 24.2. The van der Waals surface area contributed by atoms with E-state index in [9.17, 15) is 9.59 Å². The van der Waals surface area contributed by atoms with Gasteiger partial charge in [0.05, 0.1) is 18.9 Å². The van der Waals surface area contributed by atoms with Gasteiger partial charge >= 0.3 is 6.09 Å². The molecule has 1 saturated heterocycles. The lowest BCUT2D eigenvalue weighted by molar-refractivity contribution is 0.0714. The van der Waals surface area contributed by atoms with Crippen molar-refractivity contribution < 1.29 is 18.7 Å². The Bertz CT molecular complexity index is 1150. The van der Waals surface area contributed by atoms with Crippen LogP contribution in [0.4, 0.5) is 9.80 Å². The van der Waals surface area contributed by atoms with Crippen LogP contribution in [-0.2, 0) is 17.6 Å². The van der Waals surface area contributed by atoms with Gasteiger partial charge in [-0.3, -0.25) is 14.7 Å². The normalized spacial score (nSPS) is 17.0. The Hall–Kier alpha value is -3.17. The fraction of sp³-hybridized carbons (Fsp3) is 0.423. The molecule has 3 aromatic heterocycles. The van der Waals surface area contributed by atoms with E-state index in [0.29, 0.717) is 38.5 Å². The number of furan rings is 1. The Morgan fingerprint density at radius 1 is 1.14 bits per heavy atom. The summed E-state index contributed by atoms with van der Waals surface area (Å²) < 4.78 is 10.6. The van der Waals surface area contributed by atoms with Crippen molar-refractivity contribution in [2.75, 3.05) is 38.1 Å². The van der Waals surface area contributed by atoms with Crippen molar-refractivity contribution in [3.8, 4) is 0 Å². The molecule has 3 aromatic rings. The second-order valence-corrected chi connectivity index (χ2v) is 9.90. The Balaban J connectivity index is 1.51. The number of hydrogen-bond donors (Lipinski definition) is 1. The highest BCUT2D eigenvalue weighted by Gasteiger charge is 2.34. The molecule has 0 unspecified atom stereocenters. The molecule has 1 aliphatic carbocycles. The van der Waals surface area contributed by atoms with Crippen LogP contribution < -0.4 is 5.32 Å². The molecule has 35 heavy (non-hydrogen) atoms. The van der Waals surface area contributed by atoms with Crippen molar-refractivity contribution in [1.82, 2.24) is 14.8 Å². The number of nitrogens with zero attached hydrogens (tertiary/aromatic N) is 3. The molecular formula is C26H30N4O4S. The number of ether oxygens (including phenoxy) is 1. The molecule has 2 aliphatic rings. The van der Waals surface area contributed by atoms with E-state index >= 15 is 0 Å². The Morgan fingerprint density at radius 2 is 1.91 bits per heavy atom. The number of hydrogen-bond acceptors (Lipinski definition) is 7. The van der Waals surface area contributed by atoms with E-state index in [0.717, 1.165) is 36.2 Å². The largest absolute Gasteiger partial charge is 0.459 e. The average Bonchev–Trinajstić information content (AvgIpc) is 3.55. The summed E-state index contributed by atoms with van der Waals surface area (Å²) in [5, 5.41) is 4.04. The van der Waals surface area contributed by atoms with Crippen LogP contribution in [0, 0.1) is 0 Å². The van der Waals surface area contributed by atoms with Gasteiger partial charge in [-0.1, -0.05) is 0 Å².